The predicted octanol–water partition coefficient (Wildman–Crippen LogP) is 4.40. The summed E-state index contributed by atoms with van der Waals surface area (Å²) in [6.45, 7) is 0. The van der Waals surface area contributed by atoms with Crippen LogP contribution in [0.15, 0.2) is 6.07 Å². The lowest BCUT2D eigenvalue weighted by molar-refractivity contribution is -0.137. The van der Waals surface area contributed by atoms with Crippen molar-refractivity contribution in [3.63, 3.8) is 0 Å². The zero-order chi connectivity index (χ0) is 12.3. The highest BCUT2D eigenvalue weighted by Gasteiger charge is 2.34. The second-order valence-electron chi connectivity index (χ2n) is 3.19. The Bertz CT molecular complexity index is 393. The molecule has 1 N–H and O–H groups in total. The van der Waals surface area contributed by atoms with Crippen LogP contribution < -0.4 is 0 Å². The first-order valence-electron chi connectivity index (χ1n) is 4.38. The van der Waals surface area contributed by atoms with E-state index < -0.39 is 18.3 Å². The fourth-order valence-electron chi connectivity index (χ4n) is 1.19. The Morgan fingerprint density at radius 3 is 2.56 bits per heavy atom. The van der Waals surface area contributed by atoms with Gasteiger partial charge in [0.05, 0.1) is 9.90 Å². The molecular weight excluding hydrogens is 281 g/mol. The van der Waals surface area contributed by atoms with Gasteiger partial charge >= 0.3 is 5.97 Å². The fourth-order valence-corrected chi connectivity index (χ4v) is 2.75. The topological polar surface area (TPSA) is 37.3 Å². The van der Waals surface area contributed by atoms with Crippen LogP contribution in [0.3, 0.4) is 0 Å². The average Bonchev–Trinajstić information content (AvgIpc) is 2.44. The average molecular weight is 289 g/mol. The van der Waals surface area contributed by atoms with E-state index in [9.17, 15) is 13.6 Å². The normalized spacial score (nSPS) is 11.8. The first-order valence-corrected chi connectivity index (χ1v) is 5.95. The molecule has 7 heteroatoms. The highest BCUT2D eigenvalue weighted by molar-refractivity contribution is 7.20. The molecule has 1 rings (SSSR count). The number of rotatable bonds is 5. The van der Waals surface area contributed by atoms with Crippen LogP contribution in [0.1, 0.15) is 24.8 Å². The Morgan fingerprint density at radius 1 is 1.50 bits per heavy atom. The molecule has 0 spiro atoms. The van der Waals surface area contributed by atoms with Crippen molar-refractivity contribution in [2.24, 2.45) is 0 Å². The lowest BCUT2D eigenvalue weighted by atomic mass is 10.1. The summed E-state index contributed by atoms with van der Waals surface area (Å²) in [6.07, 6.45) is -0.941. The molecule has 0 radical (unpaired) electrons. The van der Waals surface area contributed by atoms with Crippen molar-refractivity contribution in [2.75, 3.05) is 0 Å². The minimum absolute atomic E-state index is 0.0506. The summed E-state index contributed by atoms with van der Waals surface area (Å²) in [5.74, 6) is -4.22. The van der Waals surface area contributed by atoms with Crippen LogP contribution in [0.2, 0.25) is 8.67 Å². The summed E-state index contributed by atoms with van der Waals surface area (Å²) in [5, 5.41) is 8.35. The second-order valence-corrected chi connectivity index (χ2v) is 5.48. The lowest BCUT2D eigenvalue weighted by Crippen LogP contribution is -2.13. The number of alkyl halides is 2. The van der Waals surface area contributed by atoms with E-state index >= 15 is 0 Å². The van der Waals surface area contributed by atoms with Crippen LogP contribution in [0.5, 0.6) is 0 Å². The van der Waals surface area contributed by atoms with E-state index in [4.69, 9.17) is 28.3 Å². The van der Waals surface area contributed by atoms with Crippen LogP contribution in [-0.2, 0) is 10.7 Å². The van der Waals surface area contributed by atoms with Gasteiger partial charge in [-0.3, -0.25) is 4.79 Å². The highest BCUT2D eigenvalue weighted by Crippen LogP contribution is 2.43. The standard InChI is InChI=1S/C9H8Cl2F2O2S/c10-6-4-5(8(11)16-6)9(12,13)3-1-2-7(14)15/h4H,1-3H2,(H,14,15). The molecule has 0 aromatic carbocycles. The zero-order valence-electron chi connectivity index (χ0n) is 7.97. The molecule has 0 aliphatic heterocycles. The number of carbonyl (C=O) groups is 1. The maximum atomic E-state index is 13.6. The molecule has 16 heavy (non-hydrogen) atoms. The summed E-state index contributed by atoms with van der Waals surface area (Å²) < 4.78 is 27.2. The molecule has 0 atom stereocenters. The molecule has 0 aliphatic carbocycles. The van der Waals surface area contributed by atoms with Crippen LogP contribution in [0.25, 0.3) is 0 Å². The molecule has 0 saturated heterocycles. The van der Waals surface area contributed by atoms with E-state index in [0.717, 1.165) is 17.4 Å². The maximum Gasteiger partial charge on any atom is 0.303 e. The van der Waals surface area contributed by atoms with Gasteiger partial charge in [0, 0.05) is 12.8 Å². The Kier molecular flexibility index (Phi) is 4.52. The van der Waals surface area contributed by atoms with Gasteiger partial charge in [0.25, 0.3) is 5.92 Å². The number of carboxylic acids is 1. The third-order valence-corrected chi connectivity index (χ3v) is 3.42. The first-order chi connectivity index (χ1) is 7.33. The molecule has 1 aromatic heterocycles. The van der Waals surface area contributed by atoms with Gasteiger partial charge in [0.1, 0.15) is 4.34 Å². The minimum atomic E-state index is -3.13. The summed E-state index contributed by atoms with van der Waals surface area (Å²) >= 11 is 12.0. The third kappa shape index (κ3) is 3.57. The van der Waals surface area contributed by atoms with Crippen LogP contribution in [0.4, 0.5) is 8.78 Å². The smallest absolute Gasteiger partial charge is 0.303 e. The van der Waals surface area contributed by atoms with E-state index in [1.54, 1.807) is 0 Å². The van der Waals surface area contributed by atoms with Gasteiger partial charge in [-0.15, -0.1) is 11.3 Å². The summed E-state index contributed by atoms with van der Waals surface area (Å²) in [6, 6.07) is 1.12. The van der Waals surface area contributed by atoms with Gasteiger partial charge in [-0.25, -0.2) is 8.78 Å². The molecule has 90 valence electrons. The van der Waals surface area contributed by atoms with Gasteiger partial charge in [-0.05, 0) is 12.5 Å². The summed E-state index contributed by atoms with van der Waals surface area (Å²) in [4.78, 5) is 10.2. The molecule has 1 heterocycles. The number of halogens is 4. The molecule has 0 aliphatic rings. The number of hydrogen-bond donors (Lipinski definition) is 1. The molecule has 1 aromatic rings. The number of carboxylic acid groups (broad SMARTS) is 1. The molecule has 0 unspecified atom stereocenters. The zero-order valence-corrected chi connectivity index (χ0v) is 10.3. The van der Waals surface area contributed by atoms with Gasteiger partial charge < -0.3 is 5.11 Å². The van der Waals surface area contributed by atoms with Crippen LogP contribution >= 0.6 is 34.5 Å². The fraction of sp³-hybridized carbons (Fsp3) is 0.444. The molecule has 0 fully saturated rings. The van der Waals surface area contributed by atoms with Gasteiger partial charge in [-0.2, -0.15) is 0 Å². The SMILES string of the molecule is O=C(O)CCCC(F)(F)c1cc(Cl)sc1Cl. The van der Waals surface area contributed by atoms with E-state index in [2.05, 4.69) is 0 Å². The minimum Gasteiger partial charge on any atom is -0.481 e. The van der Waals surface area contributed by atoms with Crippen molar-refractivity contribution in [1.82, 2.24) is 0 Å². The van der Waals surface area contributed by atoms with Gasteiger partial charge in [-0.1, -0.05) is 23.2 Å². The van der Waals surface area contributed by atoms with Crippen molar-refractivity contribution < 1.29 is 18.7 Å². The Morgan fingerprint density at radius 2 is 2.12 bits per heavy atom. The van der Waals surface area contributed by atoms with Crippen molar-refractivity contribution >= 4 is 40.5 Å². The van der Waals surface area contributed by atoms with Crippen LogP contribution in [0, 0.1) is 0 Å². The lowest BCUT2D eigenvalue weighted by Gasteiger charge is -2.14. The predicted molar refractivity (Wildman–Crippen MR) is 59.7 cm³/mol. The Labute approximate surface area is 105 Å². The van der Waals surface area contributed by atoms with Gasteiger partial charge in [0.2, 0.25) is 0 Å². The molecule has 0 saturated carbocycles. The number of thiophene rings is 1. The maximum absolute atomic E-state index is 13.6. The number of hydrogen-bond acceptors (Lipinski definition) is 2. The summed E-state index contributed by atoms with van der Waals surface area (Å²) in [7, 11) is 0. The quantitative estimate of drug-likeness (QED) is 0.872. The molecule has 2 nitrogen and oxygen atoms in total. The molecule has 0 amide bonds. The van der Waals surface area contributed by atoms with Crippen molar-refractivity contribution in [3.05, 3.63) is 20.3 Å². The first kappa shape index (κ1) is 13.7. The highest BCUT2D eigenvalue weighted by atomic mass is 35.5. The van der Waals surface area contributed by atoms with Gasteiger partial charge in [0.15, 0.2) is 0 Å². The second kappa shape index (κ2) is 5.29. The van der Waals surface area contributed by atoms with Crippen molar-refractivity contribution in [2.45, 2.75) is 25.2 Å². The largest absolute Gasteiger partial charge is 0.481 e. The van der Waals surface area contributed by atoms with E-state index in [1.165, 1.54) is 0 Å². The van der Waals surface area contributed by atoms with Crippen LogP contribution in [-0.4, -0.2) is 11.1 Å². The van der Waals surface area contributed by atoms with E-state index in [-0.39, 0.29) is 27.1 Å². The third-order valence-electron chi connectivity index (χ3n) is 1.93. The van der Waals surface area contributed by atoms with E-state index in [0.29, 0.717) is 0 Å². The monoisotopic (exact) mass is 288 g/mol. The Hall–Kier alpha value is -0.390. The van der Waals surface area contributed by atoms with E-state index in [1.807, 2.05) is 0 Å². The Balaban J connectivity index is 2.69. The van der Waals surface area contributed by atoms with Crippen molar-refractivity contribution in [3.8, 4) is 0 Å². The summed E-state index contributed by atoms with van der Waals surface area (Å²) in [5.41, 5.74) is -0.324. The number of aliphatic carboxylic acids is 1. The van der Waals surface area contributed by atoms with Crippen molar-refractivity contribution in [1.29, 1.82) is 0 Å². The molecule has 0 bridgehead atoms. The molecular formula is C9H8Cl2F2O2S.